The van der Waals surface area contributed by atoms with Crippen molar-refractivity contribution < 1.29 is 4.52 Å². The van der Waals surface area contributed by atoms with E-state index in [1.54, 1.807) is 0 Å². The van der Waals surface area contributed by atoms with Crippen molar-refractivity contribution in [3.05, 3.63) is 53.5 Å². The molecule has 0 spiro atoms. The maximum atomic E-state index is 5.14. The molecule has 1 aromatic carbocycles. The number of hydrogen-bond acceptors (Lipinski definition) is 3. The Morgan fingerprint density at radius 2 is 2.10 bits per heavy atom. The number of rotatable bonds is 5. The number of nitrogens with zero attached hydrogens (tertiary/aromatic N) is 2. The third-order valence-electron chi connectivity index (χ3n) is 3.56. The van der Waals surface area contributed by atoms with Gasteiger partial charge in [-0.2, -0.15) is 0 Å². The Labute approximate surface area is 124 Å². The van der Waals surface area contributed by atoms with Gasteiger partial charge in [-0.1, -0.05) is 31.1 Å². The SMILES string of the molecule is Cc1cc(Cn2ccc3ccc(CNC(C)C)cc32)no1. The summed E-state index contributed by atoms with van der Waals surface area (Å²) in [6.45, 7) is 7.87. The lowest BCUT2D eigenvalue weighted by Crippen LogP contribution is -2.21. The Morgan fingerprint density at radius 1 is 1.24 bits per heavy atom. The fraction of sp³-hybridized carbons (Fsp3) is 0.353. The molecule has 0 aliphatic carbocycles. The molecule has 0 saturated heterocycles. The van der Waals surface area contributed by atoms with E-state index in [2.05, 4.69) is 59.4 Å². The lowest BCUT2D eigenvalue weighted by molar-refractivity contribution is 0.389. The van der Waals surface area contributed by atoms with Crippen LogP contribution in [0, 0.1) is 6.92 Å². The minimum absolute atomic E-state index is 0.491. The zero-order valence-electron chi connectivity index (χ0n) is 12.8. The quantitative estimate of drug-likeness (QED) is 0.779. The van der Waals surface area contributed by atoms with E-state index in [4.69, 9.17) is 4.52 Å². The van der Waals surface area contributed by atoms with E-state index in [0.717, 1.165) is 24.5 Å². The van der Waals surface area contributed by atoms with Crippen molar-refractivity contribution in [2.24, 2.45) is 0 Å². The van der Waals surface area contributed by atoms with Crippen molar-refractivity contribution in [2.45, 2.75) is 39.9 Å². The van der Waals surface area contributed by atoms with Gasteiger partial charge in [-0.15, -0.1) is 0 Å². The second kappa shape index (κ2) is 5.74. The number of aromatic nitrogens is 2. The molecule has 0 aliphatic rings. The van der Waals surface area contributed by atoms with Gasteiger partial charge in [0, 0.05) is 30.4 Å². The molecule has 0 unspecified atom stereocenters. The lowest BCUT2D eigenvalue weighted by Gasteiger charge is -2.09. The van der Waals surface area contributed by atoms with Crippen LogP contribution in [0.4, 0.5) is 0 Å². The molecule has 4 heteroatoms. The summed E-state index contributed by atoms with van der Waals surface area (Å²) < 4.78 is 7.35. The third kappa shape index (κ3) is 3.16. The van der Waals surface area contributed by atoms with Crippen LogP contribution in [0.25, 0.3) is 10.9 Å². The first-order valence-electron chi connectivity index (χ1n) is 7.35. The Bertz CT molecular complexity index is 739. The average Bonchev–Trinajstić information content (AvgIpc) is 3.04. The molecule has 3 rings (SSSR count). The normalized spacial score (nSPS) is 11.6. The highest BCUT2D eigenvalue weighted by atomic mass is 16.5. The second-order valence-electron chi connectivity index (χ2n) is 5.80. The van der Waals surface area contributed by atoms with Crippen molar-refractivity contribution in [2.75, 3.05) is 0 Å². The van der Waals surface area contributed by atoms with Gasteiger partial charge >= 0.3 is 0 Å². The predicted molar refractivity (Wildman–Crippen MR) is 84.3 cm³/mol. The van der Waals surface area contributed by atoms with Crippen molar-refractivity contribution in [1.82, 2.24) is 15.0 Å². The van der Waals surface area contributed by atoms with Crippen LogP contribution < -0.4 is 5.32 Å². The average molecular weight is 283 g/mol. The summed E-state index contributed by atoms with van der Waals surface area (Å²) in [7, 11) is 0. The summed E-state index contributed by atoms with van der Waals surface area (Å²) in [6.07, 6.45) is 2.11. The highest BCUT2D eigenvalue weighted by molar-refractivity contribution is 5.80. The third-order valence-corrected chi connectivity index (χ3v) is 3.56. The molecule has 0 saturated carbocycles. The molecule has 0 fully saturated rings. The number of fused-ring (bicyclic) bond motifs is 1. The minimum atomic E-state index is 0.491. The standard InChI is InChI=1S/C17H21N3O/c1-12(2)18-10-14-4-5-15-6-7-20(17(15)9-14)11-16-8-13(3)21-19-16/h4-9,12,18H,10-11H2,1-3H3. The summed E-state index contributed by atoms with van der Waals surface area (Å²) in [5.74, 6) is 0.850. The van der Waals surface area contributed by atoms with Crippen molar-refractivity contribution >= 4 is 10.9 Å². The van der Waals surface area contributed by atoms with E-state index in [1.165, 1.54) is 16.5 Å². The van der Waals surface area contributed by atoms with Gasteiger partial charge in [0.2, 0.25) is 0 Å². The van der Waals surface area contributed by atoms with Gasteiger partial charge in [0.1, 0.15) is 11.5 Å². The number of aryl methyl sites for hydroxylation is 1. The molecule has 0 radical (unpaired) electrons. The molecule has 1 N–H and O–H groups in total. The van der Waals surface area contributed by atoms with E-state index in [1.807, 2.05) is 13.0 Å². The predicted octanol–water partition coefficient (Wildman–Crippen LogP) is 3.48. The molecule has 21 heavy (non-hydrogen) atoms. The van der Waals surface area contributed by atoms with Gasteiger partial charge in [-0.05, 0) is 30.0 Å². The van der Waals surface area contributed by atoms with Gasteiger partial charge in [0.15, 0.2) is 0 Å². The van der Waals surface area contributed by atoms with Crippen LogP contribution in [0.15, 0.2) is 41.1 Å². The van der Waals surface area contributed by atoms with Gasteiger partial charge in [0.05, 0.1) is 6.54 Å². The number of nitrogens with one attached hydrogen (secondary N) is 1. The topological polar surface area (TPSA) is 43.0 Å². The van der Waals surface area contributed by atoms with Crippen LogP contribution in [0.3, 0.4) is 0 Å². The van der Waals surface area contributed by atoms with Crippen molar-refractivity contribution in [3.63, 3.8) is 0 Å². The molecule has 2 aromatic heterocycles. The maximum absolute atomic E-state index is 5.14. The Morgan fingerprint density at radius 3 is 2.81 bits per heavy atom. The van der Waals surface area contributed by atoms with Gasteiger partial charge in [-0.25, -0.2) is 0 Å². The highest BCUT2D eigenvalue weighted by Gasteiger charge is 2.06. The molecule has 0 amide bonds. The summed E-state index contributed by atoms with van der Waals surface area (Å²) in [6, 6.07) is 11.2. The first-order chi connectivity index (χ1) is 10.1. The Balaban J connectivity index is 1.86. The summed E-state index contributed by atoms with van der Waals surface area (Å²) in [5, 5.41) is 8.78. The van der Waals surface area contributed by atoms with Gasteiger partial charge in [0.25, 0.3) is 0 Å². The van der Waals surface area contributed by atoms with Crippen LogP contribution in [-0.4, -0.2) is 15.8 Å². The maximum Gasteiger partial charge on any atom is 0.133 e. The van der Waals surface area contributed by atoms with Gasteiger partial charge < -0.3 is 14.4 Å². The molecule has 3 aromatic rings. The van der Waals surface area contributed by atoms with Crippen LogP contribution in [0.5, 0.6) is 0 Å². The summed E-state index contributed by atoms with van der Waals surface area (Å²) >= 11 is 0. The van der Waals surface area contributed by atoms with Crippen LogP contribution in [0.1, 0.15) is 30.9 Å². The smallest absolute Gasteiger partial charge is 0.133 e. The Hall–Kier alpha value is -2.07. The number of hydrogen-bond donors (Lipinski definition) is 1. The monoisotopic (exact) mass is 283 g/mol. The molecular formula is C17H21N3O. The zero-order chi connectivity index (χ0) is 14.8. The fourth-order valence-corrected chi connectivity index (χ4v) is 2.47. The largest absolute Gasteiger partial charge is 0.361 e. The molecule has 0 bridgehead atoms. The van der Waals surface area contributed by atoms with E-state index in [-0.39, 0.29) is 0 Å². The van der Waals surface area contributed by atoms with Crippen LogP contribution in [-0.2, 0) is 13.1 Å². The summed E-state index contributed by atoms with van der Waals surface area (Å²) in [5.41, 5.74) is 3.49. The number of benzene rings is 1. The first kappa shape index (κ1) is 13.9. The van der Waals surface area contributed by atoms with E-state index in [0.29, 0.717) is 6.04 Å². The van der Waals surface area contributed by atoms with Crippen molar-refractivity contribution in [3.8, 4) is 0 Å². The van der Waals surface area contributed by atoms with Crippen LogP contribution >= 0.6 is 0 Å². The van der Waals surface area contributed by atoms with E-state index >= 15 is 0 Å². The molecular weight excluding hydrogens is 262 g/mol. The molecule has 4 nitrogen and oxygen atoms in total. The first-order valence-corrected chi connectivity index (χ1v) is 7.35. The summed E-state index contributed by atoms with van der Waals surface area (Å²) in [4.78, 5) is 0. The highest BCUT2D eigenvalue weighted by Crippen LogP contribution is 2.19. The van der Waals surface area contributed by atoms with Crippen LogP contribution in [0.2, 0.25) is 0 Å². The second-order valence-corrected chi connectivity index (χ2v) is 5.80. The fourth-order valence-electron chi connectivity index (χ4n) is 2.47. The molecule has 0 atom stereocenters. The molecule has 0 aliphatic heterocycles. The lowest BCUT2D eigenvalue weighted by atomic mass is 10.1. The van der Waals surface area contributed by atoms with Gasteiger partial charge in [-0.3, -0.25) is 0 Å². The molecule has 110 valence electrons. The van der Waals surface area contributed by atoms with E-state index in [9.17, 15) is 0 Å². The van der Waals surface area contributed by atoms with Crippen molar-refractivity contribution in [1.29, 1.82) is 0 Å². The molecule has 2 heterocycles. The van der Waals surface area contributed by atoms with E-state index < -0.39 is 0 Å². The zero-order valence-corrected chi connectivity index (χ0v) is 12.8. The minimum Gasteiger partial charge on any atom is -0.361 e. The Kier molecular flexibility index (Phi) is 3.80.